The average Bonchev–Trinajstić information content (AvgIpc) is 1.95. The Morgan fingerprint density at radius 2 is 2.30 bits per heavy atom. The maximum absolute atomic E-state index is 8.57. The summed E-state index contributed by atoms with van der Waals surface area (Å²) >= 11 is 0. The van der Waals surface area contributed by atoms with E-state index in [0.29, 0.717) is 6.61 Å². The minimum Gasteiger partial charge on any atom is -0.396 e. The van der Waals surface area contributed by atoms with Gasteiger partial charge in [0, 0.05) is 12.6 Å². The molecule has 0 bridgehead atoms. The summed E-state index contributed by atoms with van der Waals surface area (Å²) in [4.78, 5) is 0. The predicted molar refractivity (Wildman–Crippen MR) is 38.7 cm³/mol. The summed E-state index contributed by atoms with van der Waals surface area (Å²) in [5.41, 5.74) is 5.61. The summed E-state index contributed by atoms with van der Waals surface area (Å²) in [6, 6.07) is 0.218. The van der Waals surface area contributed by atoms with Gasteiger partial charge in [-0.2, -0.15) is 0 Å². The van der Waals surface area contributed by atoms with Crippen molar-refractivity contribution in [2.75, 3.05) is 13.2 Å². The largest absolute Gasteiger partial charge is 0.396 e. The van der Waals surface area contributed by atoms with Crippen LogP contribution in [0.5, 0.6) is 0 Å². The highest BCUT2D eigenvalue weighted by molar-refractivity contribution is 4.71. The van der Waals surface area contributed by atoms with E-state index in [1.807, 2.05) is 0 Å². The second kappa shape index (κ2) is 3.91. The standard InChI is InChI=1S/C7H15NO2/c8-6-1-2-7(3-4-9)10-5-6/h6-7,9H,1-5,8H2/t6?,7-/m0/s1. The number of nitrogens with two attached hydrogens (primary N) is 1. The van der Waals surface area contributed by atoms with Crippen molar-refractivity contribution in [1.29, 1.82) is 0 Å². The summed E-state index contributed by atoms with van der Waals surface area (Å²) in [5.74, 6) is 0. The topological polar surface area (TPSA) is 55.5 Å². The van der Waals surface area contributed by atoms with Gasteiger partial charge in [0.25, 0.3) is 0 Å². The third kappa shape index (κ3) is 2.25. The first-order valence-corrected chi connectivity index (χ1v) is 3.81. The van der Waals surface area contributed by atoms with E-state index >= 15 is 0 Å². The number of ether oxygens (including phenoxy) is 1. The van der Waals surface area contributed by atoms with E-state index in [1.165, 1.54) is 0 Å². The number of hydrogen-bond acceptors (Lipinski definition) is 3. The molecule has 1 saturated heterocycles. The molecule has 1 heterocycles. The number of aliphatic hydroxyl groups excluding tert-OH is 1. The maximum Gasteiger partial charge on any atom is 0.0621 e. The van der Waals surface area contributed by atoms with Crippen LogP contribution in [0.25, 0.3) is 0 Å². The first kappa shape index (κ1) is 7.98. The highest BCUT2D eigenvalue weighted by Gasteiger charge is 2.17. The third-order valence-corrected chi connectivity index (χ3v) is 1.86. The highest BCUT2D eigenvalue weighted by Crippen LogP contribution is 2.14. The molecule has 0 saturated carbocycles. The van der Waals surface area contributed by atoms with Crippen LogP contribution in [0, 0.1) is 0 Å². The summed E-state index contributed by atoms with van der Waals surface area (Å²) in [6.45, 7) is 0.880. The van der Waals surface area contributed by atoms with Crippen molar-refractivity contribution >= 4 is 0 Å². The van der Waals surface area contributed by atoms with Crippen LogP contribution in [-0.2, 0) is 4.74 Å². The molecule has 10 heavy (non-hydrogen) atoms. The van der Waals surface area contributed by atoms with E-state index in [1.54, 1.807) is 0 Å². The Morgan fingerprint density at radius 3 is 2.80 bits per heavy atom. The van der Waals surface area contributed by atoms with E-state index in [4.69, 9.17) is 15.6 Å². The normalized spacial score (nSPS) is 34.2. The molecule has 1 aliphatic rings. The molecule has 60 valence electrons. The van der Waals surface area contributed by atoms with Crippen molar-refractivity contribution in [1.82, 2.24) is 0 Å². The number of rotatable bonds is 2. The third-order valence-electron chi connectivity index (χ3n) is 1.86. The van der Waals surface area contributed by atoms with Gasteiger partial charge in [-0.05, 0) is 19.3 Å². The number of hydrogen-bond donors (Lipinski definition) is 2. The predicted octanol–water partition coefficient (Wildman–Crippen LogP) is -0.125. The summed E-state index contributed by atoms with van der Waals surface area (Å²) in [7, 11) is 0. The van der Waals surface area contributed by atoms with E-state index in [0.717, 1.165) is 19.3 Å². The summed E-state index contributed by atoms with van der Waals surface area (Å²) < 4.78 is 5.35. The van der Waals surface area contributed by atoms with Crippen LogP contribution in [0.4, 0.5) is 0 Å². The van der Waals surface area contributed by atoms with Gasteiger partial charge in [0.15, 0.2) is 0 Å². The molecule has 2 atom stereocenters. The van der Waals surface area contributed by atoms with Crippen LogP contribution in [0.1, 0.15) is 19.3 Å². The minimum atomic E-state index is 0.218. The molecule has 1 fully saturated rings. The van der Waals surface area contributed by atoms with Gasteiger partial charge in [-0.1, -0.05) is 0 Å². The molecule has 3 nitrogen and oxygen atoms in total. The van der Waals surface area contributed by atoms with E-state index in [2.05, 4.69) is 0 Å². The molecule has 0 spiro atoms. The average molecular weight is 145 g/mol. The lowest BCUT2D eigenvalue weighted by Crippen LogP contribution is -2.35. The van der Waals surface area contributed by atoms with Crippen LogP contribution in [0.2, 0.25) is 0 Å². The van der Waals surface area contributed by atoms with Gasteiger partial charge >= 0.3 is 0 Å². The molecule has 1 rings (SSSR count). The zero-order valence-corrected chi connectivity index (χ0v) is 6.12. The van der Waals surface area contributed by atoms with Crippen LogP contribution in [0.3, 0.4) is 0 Å². The van der Waals surface area contributed by atoms with Crippen LogP contribution in [-0.4, -0.2) is 30.5 Å². The zero-order valence-electron chi connectivity index (χ0n) is 6.12. The molecule has 1 aliphatic heterocycles. The molecular formula is C7H15NO2. The Labute approximate surface area is 61.2 Å². The molecule has 3 heteroatoms. The lowest BCUT2D eigenvalue weighted by atomic mass is 10.0. The van der Waals surface area contributed by atoms with Crippen molar-refractivity contribution < 1.29 is 9.84 Å². The van der Waals surface area contributed by atoms with Crippen LogP contribution in [0.15, 0.2) is 0 Å². The number of aliphatic hydroxyl groups is 1. The van der Waals surface area contributed by atoms with Crippen molar-refractivity contribution in [2.45, 2.75) is 31.4 Å². The van der Waals surface area contributed by atoms with Crippen molar-refractivity contribution in [3.05, 3.63) is 0 Å². The van der Waals surface area contributed by atoms with Crippen LogP contribution >= 0.6 is 0 Å². The van der Waals surface area contributed by atoms with Gasteiger partial charge in [0.1, 0.15) is 0 Å². The molecule has 3 N–H and O–H groups in total. The van der Waals surface area contributed by atoms with E-state index in [9.17, 15) is 0 Å². The second-order valence-corrected chi connectivity index (χ2v) is 2.81. The molecule has 0 aromatic heterocycles. The van der Waals surface area contributed by atoms with E-state index in [-0.39, 0.29) is 18.8 Å². The van der Waals surface area contributed by atoms with Crippen molar-refractivity contribution in [2.24, 2.45) is 5.73 Å². The van der Waals surface area contributed by atoms with Gasteiger partial charge in [-0.25, -0.2) is 0 Å². The molecule has 0 aromatic carbocycles. The Balaban J connectivity index is 2.13. The van der Waals surface area contributed by atoms with Crippen LogP contribution < -0.4 is 5.73 Å². The fourth-order valence-electron chi connectivity index (χ4n) is 1.20. The van der Waals surface area contributed by atoms with Gasteiger partial charge < -0.3 is 15.6 Å². The van der Waals surface area contributed by atoms with Gasteiger partial charge in [0.05, 0.1) is 12.7 Å². The molecule has 0 aliphatic carbocycles. The maximum atomic E-state index is 8.57. The molecular weight excluding hydrogens is 130 g/mol. The monoisotopic (exact) mass is 145 g/mol. The van der Waals surface area contributed by atoms with Gasteiger partial charge in [-0.15, -0.1) is 0 Å². The molecule has 0 aromatic rings. The Bertz CT molecular complexity index is 89.6. The molecule has 0 radical (unpaired) electrons. The smallest absolute Gasteiger partial charge is 0.0621 e. The van der Waals surface area contributed by atoms with Gasteiger partial charge in [0.2, 0.25) is 0 Å². The highest BCUT2D eigenvalue weighted by atomic mass is 16.5. The fraction of sp³-hybridized carbons (Fsp3) is 1.00. The lowest BCUT2D eigenvalue weighted by molar-refractivity contribution is -0.00737. The minimum absolute atomic E-state index is 0.218. The fourth-order valence-corrected chi connectivity index (χ4v) is 1.20. The van der Waals surface area contributed by atoms with Crippen molar-refractivity contribution in [3.63, 3.8) is 0 Å². The first-order valence-electron chi connectivity index (χ1n) is 3.81. The molecule has 1 unspecified atom stereocenters. The summed E-state index contributed by atoms with van der Waals surface area (Å²) in [5, 5.41) is 8.57. The van der Waals surface area contributed by atoms with E-state index < -0.39 is 0 Å². The first-order chi connectivity index (χ1) is 4.83. The quantitative estimate of drug-likeness (QED) is 0.569. The SMILES string of the molecule is NC1CC[C@@H](CCO)OC1. The Morgan fingerprint density at radius 1 is 1.50 bits per heavy atom. The Kier molecular flexibility index (Phi) is 3.12. The lowest BCUT2D eigenvalue weighted by Gasteiger charge is -2.26. The summed E-state index contributed by atoms with van der Waals surface area (Å²) in [6.07, 6.45) is 3.05. The second-order valence-electron chi connectivity index (χ2n) is 2.81. The Hall–Kier alpha value is -0.120. The van der Waals surface area contributed by atoms with Crippen molar-refractivity contribution in [3.8, 4) is 0 Å². The zero-order chi connectivity index (χ0) is 7.40. The van der Waals surface area contributed by atoms with Gasteiger partial charge in [-0.3, -0.25) is 0 Å². The molecule has 0 amide bonds.